The smallest absolute Gasteiger partial charge is 0.163 e. The Morgan fingerprint density at radius 1 is 1.37 bits per heavy atom. The molecule has 0 radical (unpaired) electrons. The molecule has 2 aliphatic carbocycles. The van der Waals surface area contributed by atoms with E-state index in [4.69, 9.17) is 5.73 Å². The Morgan fingerprint density at radius 3 is 2.85 bits per heavy atom. The minimum atomic E-state index is 0.138. The molecule has 140 valence electrons. The molecular weight excluding hydrogens is 336 g/mol. The molecule has 1 fully saturated rings. The first kappa shape index (κ1) is 17.6. The van der Waals surface area contributed by atoms with Gasteiger partial charge >= 0.3 is 0 Å². The van der Waals surface area contributed by atoms with Crippen LogP contribution in [0, 0.1) is 0 Å². The largest absolute Gasteiger partial charge is 0.387 e. The third-order valence-electron chi connectivity index (χ3n) is 5.86. The second-order valence-corrected chi connectivity index (χ2v) is 7.78. The number of carbonyl (C=O) groups is 1. The van der Waals surface area contributed by atoms with E-state index < -0.39 is 0 Å². The second-order valence-electron chi connectivity index (χ2n) is 7.78. The fourth-order valence-corrected chi connectivity index (χ4v) is 3.90. The first-order valence-corrected chi connectivity index (χ1v) is 9.47. The highest BCUT2D eigenvalue weighted by Crippen LogP contribution is 2.45. The number of allylic oxidation sites excluding steroid dienone is 1. The van der Waals surface area contributed by atoms with Gasteiger partial charge < -0.3 is 16.0 Å². The number of nitrogens with zero attached hydrogens (tertiary/aromatic N) is 2. The van der Waals surface area contributed by atoms with Crippen LogP contribution in [0.2, 0.25) is 0 Å². The summed E-state index contributed by atoms with van der Waals surface area (Å²) in [7, 11) is 1.88. The normalized spacial score (nSPS) is 21.0. The number of aliphatic imine (C=N–C) groups is 1. The average molecular weight is 362 g/mol. The number of amidine groups is 1. The molecule has 27 heavy (non-hydrogen) atoms. The lowest BCUT2D eigenvalue weighted by Crippen LogP contribution is -2.35. The third-order valence-corrected chi connectivity index (χ3v) is 5.86. The van der Waals surface area contributed by atoms with Gasteiger partial charge in [0.25, 0.3) is 0 Å². The molecule has 0 spiro atoms. The minimum absolute atomic E-state index is 0.138. The number of benzene rings is 1. The maximum atomic E-state index is 12.0. The third kappa shape index (κ3) is 3.07. The summed E-state index contributed by atoms with van der Waals surface area (Å²) in [4.78, 5) is 18.8. The molecule has 1 aliphatic heterocycles. The summed E-state index contributed by atoms with van der Waals surface area (Å²) in [6.07, 6.45) is 7.80. The number of nitrogens with two attached hydrogens (primary N) is 1. The van der Waals surface area contributed by atoms with E-state index >= 15 is 0 Å². The Bertz CT molecular complexity index is 918. The summed E-state index contributed by atoms with van der Waals surface area (Å²) in [6, 6.07) is 5.88. The highest BCUT2D eigenvalue weighted by atomic mass is 16.1. The predicted molar refractivity (Wildman–Crippen MR) is 108 cm³/mol. The van der Waals surface area contributed by atoms with Gasteiger partial charge in [0, 0.05) is 42.2 Å². The number of ketones is 1. The van der Waals surface area contributed by atoms with Gasteiger partial charge in [-0.3, -0.25) is 9.79 Å². The van der Waals surface area contributed by atoms with Crippen molar-refractivity contribution < 1.29 is 4.79 Å². The second kappa shape index (κ2) is 6.41. The first-order valence-electron chi connectivity index (χ1n) is 9.47. The van der Waals surface area contributed by atoms with Crippen molar-refractivity contribution in [2.45, 2.75) is 44.7 Å². The summed E-state index contributed by atoms with van der Waals surface area (Å²) < 4.78 is 0. The van der Waals surface area contributed by atoms with E-state index in [2.05, 4.69) is 34.9 Å². The van der Waals surface area contributed by atoms with Crippen LogP contribution in [0.4, 0.5) is 0 Å². The number of nitrogens with one attached hydrogen (secondary N) is 1. The Kier molecular flexibility index (Phi) is 4.17. The van der Waals surface area contributed by atoms with Gasteiger partial charge in [-0.25, -0.2) is 0 Å². The van der Waals surface area contributed by atoms with Gasteiger partial charge in [-0.2, -0.15) is 0 Å². The van der Waals surface area contributed by atoms with Crippen LogP contribution in [0.3, 0.4) is 0 Å². The number of rotatable bonds is 5. The number of carbonyl (C=O) groups excluding carboxylic acids is 1. The highest BCUT2D eigenvalue weighted by molar-refractivity contribution is 6.02. The standard InChI is InChI=1S/C22H26N4O/c1-14-11-19(24-3)18(13-26(14)22(2)9-10-22)21(23)25-12-15-5-4-6-17-16(15)7-8-20(17)27/h4-6,11,13,24H,1,7-10,12H2,2-3H3,(H2,23,25). The number of Topliss-reactive ketones (excluding diaryl/α,β-unsaturated/α-hetero) is 1. The van der Waals surface area contributed by atoms with Crippen LogP contribution in [0.15, 0.2) is 59.0 Å². The SMILES string of the molecule is C=C1C=C(NC)C(C(N)=NCc2cccc3c2CCC3=O)=CN1C1(C)CC1. The lowest BCUT2D eigenvalue weighted by atomic mass is 10.0. The van der Waals surface area contributed by atoms with E-state index in [-0.39, 0.29) is 11.3 Å². The molecule has 4 rings (SSSR count). The zero-order valence-electron chi connectivity index (χ0n) is 16.0. The van der Waals surface area contributed by atoms with Gasteiger partial charge in [0.2, 0.25) is 0 Å². The molecule has 5 nitrogen and oxygen atoms in total. The summed E-state index contributed by atoms with van der Waals surface area (Å²) in [5.74, 6) is 0.727. The number of fused-ring (bicyclic) bond motifs is 1. The molecule has 1 aromatic carbocycles. The first-order chi connectivity index (χ1) is 12.9. The quantitative estimate of drug-likeness (QED) is 0.624. The Morgan fingerprint density at radius 2 is 2.15 bits per heavy atom. The van der Waals surface area contributed by atoms with Crippen molar-refractivity contribution in [1.82, 2.24) is 10.2 Å². The molecule has 0 saturated heterocycles. The molecule has 0 amide bonds. The molecule has 5 heteroatoms. The van der Waals surface area contributed by atoms with E-state index in [0.717, 1.165) is 52.9 Å². The summed E-state index contributed by atoms with van der Waals surface area (Å²) >= 11 is 0. The van der Waals surface area contributed by atoms with Crippen LogP contribution < -0.4 is 11.1 Å². The van der Waals surface area contributed by atoms with Crippen LogP contribution in [-0.4, -0.2) is 29.1 Å². The van der Waals surface area contributed by atoms with Crippen LogP contribution in [0.1, 0.15) is 47.7 Å². The highest BCUT2D eigenvalue weighted by Gasteiger charge is 2.44. The van der Waals surface area contributed by atoms with E-state index in [0.29, 0.717) is 18.8 Å². The van der Waals surface area contributed by atoms with Crippen molar-refractivity contribution in [3.8, 4) is 0 Å². The Hall–Kier alpha value is -2.82. The van der Waals surface area contributed by atoms with E-state index in [9.17, 15) is 4.79 Å². The Labute approximate surface area is 160 Å². The molecule has 3 aliphatic rings. The molecule has 0 unspecified atom stereocenters. The van der Waals surface area contributed by atoms with Crippen molar-refractivity contribution in [2.24, 2.45) is 10.7 Å². The van der Waals surface area contributed by atoms with Crippen molar-refractivity contribution >= 4 is 11.6 Å². The monoisotopic (exact) mass is 362 g/mol. The molecule has 1 heterocycles. The van der Waals surface area contributed by atoms with Crippen LogP contribution >= 0.6 is 0 Å². The van der Waals surface area contributed by atoms with Crippen LogP contribution in [0.25, 0.3) is 0 Å². The van der Waals surface area contributed by atoms with Crippen molar-refractivity contribution in [1.29, 1.82) is 0 Å². The summed E-state index contributed by atoms with van der Waals surface area (Å²) in [5, 5.41) is 3.20. The van der Waals surface area contributed by atoms with Crippen molar-refractivity contribution in [2.75, 3.05) is 7.05 Å². The van der Waals surface area contributed by atoms with E-state index in [1.807, 2.05) is 31.3 Å². The summed E-state index contributed by atoms with van der Waals surface area (Å²) in [6.45, 7) is 6.91. The van der Waals surface area contributed by atoms with Gasteiger partial charge in [-0.1, -0.05) is 24.8 Å². The maximum Gasteiger partial charge on any atom is 0.163 e. The molecule has 1 saturated carbocycles. The Balaban J connectivity index is 1.61. The topological polar surface area (TPSA) is 70.7 Å². The van der Waals surface area contributed by atoms with Gasteiger partial charge in [0.15, 0.2) is 5.78 Å². The van der Waals surface area contributed by atoms with Crippen LogP contribution in [-0.2, 0) is 13.0 Å². The fourth-order valence-electron chi connectivity index (χ4n) is 3.90. The lowest BCUT2D eigenvalue weighted by Gasteiger charge is -2.33. The zero-order valence-corrected chi connectivity index (χ0v) is 16.0. The molecule has 0 aromatic heterocycles. The van der Waals surface area contributed by atoms with E-state index in [1.165, 1.54) is 0 Å². The molecule has 0 atom stereocenters. The molecule has 0 bridgehead atoms. The average Bonchev–Trinajstić information content (AvgIpc) is 3.30. The predicted octanol–water partition coefficient (Wildman–Crippen LogP) is 3.04. The zero-order chi connectivity index (χ0) is 19.2. The van der Waals surface area contributed by atoms with Gasteiger partial charge in [-0.15, -0.1) is 0 Å². The fraction of sp³-hybridized carbons (Fsp3) is 0.364. The van der Waals surface area contributed by atoms with Gasteiger partial charge in [-0.05, 0) is 43.4 Å². The van der Waals surface area contributed by atoms with Crippen molar-refractivity contribution in [3.05, 3.63) is 70.7 Å². The van der Waals surface area contributed by atoms with Gasteiger partial charge in [0.1, 0.15) is 5.84 Å². The lowest BCUT2D eigenvalue weighted by molar-refractivity contribution is 0.0994. The number of hydrogen-bond acceptors (Lipinski definition) is 4. The molecular formula is C22H26N4O. The van der Waals surface area contributed by atoms with E-state index in [1.54, 1.807) is 0 Å². The minimum Gasteiger partial charge on any atom is -0.387 e. The number of likely N-dealkylation sites (N-methyl/N-ethyl adjacent to an activating group) is 1. The maximum absolute atomic E-state index is 12.0. The molecule has 1 aromatic rings. The van der Waals surface area contributed by atoms with Crippen LogP contribution in [0.5, 0.6) is 0 Å². The number of hydrogen-bond donors (Lipinski definition) is 2. The van der Waals surface area contributed by atoms with Crippen molar-refractivity contribution in [3.63, 3.8) is 0 Å². The van der Waals surface area contributed by atoms with Gasteiger partial charge in [0.05, 0.1) is 12.1 Å². The summed E-state index contributed by atoms with van der Waals surface area (Å²) in [5.41, 5.74) is 12.4. The molecule has 3 N–H and O–H groups in total.